The van der Waals surface area contributed by atoms with Crippen LogP contribution in [0.1, 0.15) is 163 Å². The highest BCUT2D eigenvalue weighted by atomic mass is 16.8. The number of carbonyl (C=O) groups excluding carboxylic acids is 2. The molecule has 2 heterocycles. The second kappa shape index (κ2) is 28.3. The number of carboxylic acid groups (broad SMARTS) is 1. The number of allylic oxidation sites excluding steroid dienone is 1. The zero-order chi connectivity index (χ0) is 41.5. The maximum absolute atomic E-state index is 13.4. The molecule has 14 heteroatoms. The van der Waals surface area contributed by atoms with Gasteiger partial charge in [0.15, 0.2) is 18.7 Å². The molecule has 2 rings (SSSR count). The SMILES string of the molecule is CCCCCCC/C=C/C(=O)O[C@@H]1[C@H](O[C@@H]2[C@H](O[C@H](CCCCCCC)CC(=O)O[C@H](CCCCCCC)CC(=O)O)O[C@H](C)[C@H](O)[C@@H]2O)O[C@H](C)[C@H](O)[C@H]1O. The van der Waals surface area contributed by atoms with E-state index in [1.165, 1.54) is 13.0 Å². The number of aliphatic carboxylic acids is 1. The number of ether oxygens (including phenoxy) is 6. The molecule has 0 aromatic rings. The Hall–Kier alpha value is -2.17. The van der Waals surface area contributed by atoms with Gasteiger partial charge in [-0.15, -0.1) is 0 Å². The first-order chi connectivity index (χ1) is 26.8. The topological polar surface area (TPSA) is 208 Å². The molecule has 14 nitrogen and oxygen atoms in total. The van der Waals surface area contributed by atoms with Crippen LogP contribution in [0.5, 0.6) is 0 Å². The second-order valence-corrected chi connectivity index (χ2v) is 15.6. The predicted molar refractivity (Wildman–Crippen MR) is 208 cm³/mol. The summed E-state index contributed by atoms with van der Waals surface area (Å²) in [5, 5.41) is 53.3. The first-order valence-electron chi connectivity index (χ1n) is 21.4. The second-order valence-electron chi connectivity index (χ2n) is 15.6. The van der Waals surface area contributed by atoms with Crippen molar-refractivity contribution in [1.82, 2.24) is 0 Å². The van der Waals surface area contributed by atoms with Gasteiger partial charge in [-0.1, -0.05) is 110 Å². The highest BCUT2D eigenvalue weighted by Crippen LogP contribution is 2.32. The maximum Gasteiger partial charge on any atom is 0.330 e. The van der Waals surface area contributed by atoms with E-state index in [9.17, 15) is 39.9 Å². The van der Waals surface area contributed by atoms with Crippen molar-refractivity contribution in [2.75, 3.05) is 0 Å². The largest absolute Gasteiger partial charge is 0.481 e. The predicted octanol–water partition coefficient (Wildman–Crippen LogP) is 6.02. The molecule has 12 atom stereocenters. The summed E-state index contributed by atoms with van der Waals surface area (Å²) < 4.78 is 35.7. The Morgan fingerprint density at radius 2 is 1.12 bits per heavy atom. The molecule has 0 unspecified atom stereocenters. The maximum atomic E-state index is 13.4. The number of hydrogen-bond donors (Lipinski definition) is 5. The fraction of sp³-hybridized carbons (Fsp3) is 0.881. The Kier molecular flexibility index (Phi) is 25.2. The molecule has 0 bridgehead atoms. The zero-order valence-corrected chi connectivity index (χ0v) is 34.6. The number of aliphatic hydroxyl groups is 4. The molecule has 0 radical (unpaired) electrons. The molecule has 5 N–H and O–H groups in total. The summed E-state index contributed by atoms with van der Waals surface area (Å²) in [4.78, 5) is 37.8. The van der Waals surface area contributed by atoms with Crippen molar-refractivity contribution in [3.05, 3.63) is 12.2 Å². The Labute approximate surface area is 334 Å². The van der Waals surface area contributed by atoms with Crippen molar-refractivity contribution in [3.8, 4) is 0 Å². The van der Waals surface area contributed by atoms with Crippen molar-refractivity contribution >= 4 is 17.9 Å². The molecule has 0 aromatic heterocycles. The summed E-state index contributed by atoms with van der Waals surface area (Å²) in [5.74, 6) is -2.48. The Balaban J connectivity index is 2.25. The lowest BCUT2D eigenvalue weighted by molar-refractivity contribution is -0.366. The molecule has 56 heavy (non-hydrogen) atoms. The van der Waals surface area contributed by atoms with Gasteiger partial charge >= 0.3 is 17.9 Å². The van der Waals surface area contributed by atoms with Crippen molar-refractivity contribution in [2.24, 2.45) is 0 Å². The van der Waals surface area contributed by atoms with E-state index in [-0.39, 0.29) is 12.8 Å². The van der Waals surface area contributed by atoms with E-state index in [0.717, 1.165) is 89.9 Å². The lowest BCUT2D eigenvalue weighted by atomic mass is 9.97. The van der Waals surface area contributed by atoms with Crippen LogP contribution in [0.4, 0.5) is 0 Å². The number of unbranched alkanes of at least 4 members (excludes halogenated alkanes) is 13. The van der Waals surface area contributed by atoms with Gasteiger partial charge in [-0.05, 0) is 46.0 Å². The van der Waals surface area contributed by atoms with Gasteiger partial charge in [0.2, 0.25) is 0 Å². The summed E-state index contributed by atoms with van der Waals surface area (Å²) in [6.45, 7) is 9.40. The van der Waals surface area contributed by atoms with E-state index in [2.05, 4.69) is 20.8 Å². The van der Waals surface area contributed by atoms with Crippen LogP contribution < -0.4 is 0 Å². The summed E-state index contributed by atoms with van der Waals surface area (Å²) in [6, 6.07) is 0. The highest BCUT2D eigenvalue weighted by Gasteiger charge is 2.51. The average molecular weight is 803 g/mol. The molecular formula is C42H74O14. The van der Waals surface area contributed by atoms with Crippen LogP contribution >= 0.6 is 0 Å². The van der Waals surface area contributed by atoms with Crippen molar-refractivity contribution in [1.29, 1.82) is 0 Å². The Morgan fingerprint density at radius 3 is 1.68 bits per heavy atom. The molecule has 2 saturated heterocycles. The van der Waals surface area contributed by atoms with Crippen LogP contribution in [-0.4, -0.2) is 117 Å². The summed E-state index contributed by atoms with van der Waals surface area (Å²) >= 11 is 0. The standard InChI is InChI=1S/C42H74O14/c1-6-9-12-15-16-19-22-25-33(45)55-39-37(49)35(47)29(5)52-42(39)56-40-38(50)36(48)28(4)51-41(40)54-31(24-21-18-14-11-8-3)27-34(46)53-30(26-32(43)44)23-20-17-13-10-7-2/h22,25,28-31,35-42,47-50H,6-21,23-24,26-27H2,1-5H3,(H,43,44)/b25-22+/t28-,29-,30-,31-,35+,36+,37-,38+,39+,40+,41+,42+/m1/s1. The quantitative estimate of drug-likeness (QED) is 0.0333. The zero-order valence-electron chi connectivity index (χ0n) is 34.6. The minimum atomic E-state index is -1.61. The van der Waals surface area contributed by atoms with Gasteiger partial charge in [-0.25, -0.2) is 4.79 Å². The van der Waals surface area contributed by atoms with Gasteiger partial charge in [0, 0.05) is 6.08 Å². The fourth-order valence-corrected chi connectivity index (χ4v) is 7.04. The molecule has 0 aliphatic carbocycles. The first-order valence-corrected chi connectivity index (χ1v) is 21.4. The van der Waals surface area contributed by atoms with Crippen LogP contribution in [0.3, 0.4) is 0 Å². The summed E-state index contributed by atoms with van der Waals surface area (Å²) in [5.41, 5.74) is 0. The molecular weight excluding hydrogens is 728 g/mol. The van der Waals surface area contributed by atoms with Crippen LogP contribution in [0, 0.1) is 0 Å². The van der Waals surface area contributed by atoms with Gasteiger partial charge in [-0.2, -0.15) is 0 Å². The third kappa shape index (κ3) is 18.6. The first kappa shape index (κ1) is 50.0. The van der Waals surface area contributed by atoms with Crippen molar-refractivity contribution in [3.63, 3.8) is 0 Å². The molecule has 2 aliphatic heterocycles. The smallest absolute Gasteiger partial charge is 0.330 e. The summed E-state index contributed by atoms with van der Waals surface area (Å²) in [6.07, 6.45) is 3.27. The van der Waals surface area contributed by atoms with Crippen LogP contribution in [0.15, 0.2) is 12.2 Å². The molecule has 2 fully saturated rings. The monoisotopic (exact) mass is 803 g/mol. The average Bonchev–Trinajstić information content (AvgIpc) is 3.15. The highest BCUT2D eigenvalue weighted by molar-refractivity contribution is 5.82. The van der Waals surface area contributed by atoms with E-state index in [4.69, 9.17) is 28.4 Å². The van der Waals surface area contributed by atoms with Gasteiger partial charge in [-0.3, -0.25) is 9.59 Å². The van der Waals surface area contributed by atoms with Gasteiger partial charge in [0.1, 0.15) is 36.6 Å². The lowest BCUT2D eigenvalue weighted by Gasteiger charge is -2.46. The molecule has 0 amide bonds. The van der Waals surface area contributed by atoms with E-state index < -0.39 is 91.5 Å². The molecule has 0 saturated carbocycles. The Bertz CT molecular complexity index is 1120. The normalized spacial score (nSPS) is 29.2. The van der Waals surface area contributed by atoms with E-state index in [0.29, 0.717) is 25.7 Å². The van der Waals surface area contributed by atoms with Gasteiger partial charge in [0.25, 0.3) is 0 Å². The fourth-order valence-electron chi connectivity index (χ4n) is 7.04. The molecule has 2 aliphatic rings. The van der Waals surface area contributed by atoms with Crippen LogP contribution in [0.25, 0.3) is 0 Å². The van der Waals surface area contributed by atoms with Crippen molar-refractivity contribution < 1.29 is 68.3 Å². The lowest BCUT2D eigenvalue weighted by Crippen LogP contribution is -2.64. The van der Waals surface area contributed by atoms with E-state index >= 15 is 0 Å². The van der Waals surface area contributed by atoms with Crippen LogP contribution in [0.2, 0.25) is 0 Å². The number of esters is 2. The third-order valence-electron chi connectivity index (χ3n) is 10.5. The number of rotatable bonds is 29. The third-order valence-corrected chi connectivity index (χ3v) is 10.5. The van der Waals surface area contributed by atoms with E-state index in [1.54, 1.807) is 13.0 Å². The van der Waals surface area contributed by atoms with Crippen molar-refractivity contribution in [2.45, 2.75) is 237 Å². The van der Waals surface area contributed by atoms with Crippen LogP contribution in [-0.2, 0) is 42.8 Å². The molecule has 326 valence electrons. The number of carboxylic acids is 1. The minimum absolute atomic E-state index is 0.230. The number of hydrogen-bond acceptors (Lipinski definition) is 13. The van der Waals surface area contributed by atoms with E-state index in [1.807, 2.05) is 0 Å². The minimum Gasteiger partial charge on any atom is -0.481 e. The number of carbonyl (C=O) groups is 3. The molecule has 0 aromatic carbocycles. The number of aliphatic hydroxyl groups excluding tert-OH is 4. The van der Waals surface area contributed by atoms with Gasteiger partial charge < -0.3 is 54.0 Å². The summed E-state index contributed by atoms with van der Waals surface area (Å²) in [7, 11) is 0. The van der Waals surface area contributed by atoms with Gasteiger partial charge in [0.05, 0.1) is 31.2 Å². The Morgan fingerprint density at radius 1 is 0.625 bits per heavy atom. The molecule has 0 spiro atoms.